The van der Waals surface area contributed by atoms with Gasteiger partial charge in [0.1, 0.15) is 0 Å². The van der Waals surface area contributed by atoms with Crippen molar-refractivity contribution >= 4 is 17.1 Å². The minimum Gasteiger partial charge on any atom is -0.368 e. The van der Waals surface area contributed by atoms with Crippen LogP contribution in [0.25, 0.3) is 11.2 Å². The molecule has 0 spiro atoms. The van der Waals surface area contributed by atoms with Gasteiger partial charge in [-0.3, -0.25) is 9.69 Å². The van der Waals surface area contributed by atoms with Crippen LogP contribution in [0.2, 0.25) is 0 Å². The van der Waals surface area contributed by atoms with Crippen molar-refractivity contribution in [2.24, 2.45) is 0 Å². The highest BCUT2D eigenvalue weighted by atomic mass is 19.1. The van der Waals surface area contributed by atoms with Crippen molar-refractivity contribution in [2.75, 3.05) is 33.2 Å². The number of aromatic nitrogens is 2. The van der Waals surface area contributed by atoms with E-state index in [1.807, 2.05) is 37.4 Å². The van der Waals surface area contributed by atoms with Crippen molar-refractivity contribution in [3.8, 4) is 0 Å². The number of amides is 1. The average Bonchev–Trinajstić information content (AvgIpc) is 3.13. The van der Waals surface area contributed by atoms with Gasteiger partial charge < -0.3 is 14.2 Å². The highest BCUT2D eigenvalue weighted by Crippen LogP contribution is 2.26. The number of pyridine rings is 1. The molecule has 0 radical (unpaired) electrons. The number of piperazine rings is 1. The van der Waals surface area contributed by atoms with Crippen LogP contribution in [-0.2, 0) is 4.79 Å². The maximum atomic E-state index is 14.6. The van der Waals surface area contributed by atoms with E-state index in [4.69, 9.17) is 0 Å². The molecule has 5 heterocycles. The summed E-state index contributed by atoms with van der Waals surface area (Å²) in [5.74, 6) is -0.576. The van der Waals surface area contributed by atoms with Crippen LogP contribution in [0.4, 0.5) is 4.39 Å². The fraction of sp³-hybridized carbons (Fsp3) is 0.250. The molecule has 6 nitrogen and oxygen atoms in total. The van der Waals surface area contributed by atoms with Gasteiger partial charge in [0.05, 0.1) is 11.4 Å². The smallest absolute Gasteiger partial charge is 0.255 e. The Morgan fingerprint density at radius 1 is 1.03 bits per heavy atom. The van der Waals surface area contributed by atoms with E-state index in [2.05, 4.69) is 27.9 Å². The third-order valence-electron chi connectivity index (χ3n) is 5.85. The minimum atomic E-state index is -0.413. The molecule has 3 aliphatic rings. The van der Waals surface area contributed by atoms with Gasteiger partial charge in [0.2, 0.25) is 0 Å². The largest absolute Gasteiger partial charge is 0.368 e. The zero-order chi connectivity index (χ0) is 21.5. The first-order valence-corrected chi connectivity index (χ1v) is 10.4. The third kappa shape index (κ3) is 3.72. The van der Waals surface area contributed by atoms with Crippen molar-refractivity contribution in [2.45, 2.75) is 6.92 Å². The van der Waals surface area contributed by atoms with E-state index in [-0.39, 0.29) is 11.6 Å². The third-order valence-corrected chi connectivity index (χ3v) is 5.85. The van der Waals surface area contributed by atoms with Crippen LogP contribution < -0.4 is 0 Å². The summed E-state index contributed by atoms with van der Waals surface area (Å²) in [6, 6.07) is 1.43. The van der Waals surface area contributed by atoms with Gasteiger partial charge in [0.15, 0.2) is 11.5 Å². The minimum absolute atomic E-state index is 0.163. The van der Waals surface area contributed by atoms with Gasteiger partial charge in [0, 0.05) is 62.1 Å². The van der Waals surface area contributed by atoms with E-state index in [1.165, 1.54) is 6.07 Å². The molecule has 1 saturated heterocycles. The number of fused-ring (bicyclic) bond motifs is 2. The van der Waals surface area contributed by atoms with Crippen molar-refractivity contribution in [1.29, 1.82) is 0 Å². The van der Waals surface area contributed by atoms with E-state index >= 15 is 0 Å². The molecule has 0 aliphatic carbocycles. The highest BCUT2D eigenvalue weighted by Gasteiger charge is 2.22. The molecule has 5 rings (SSSR count). The van der Waals surface area contributed by atoms with Gasteiger partial charge in [-0.1, -0.05) is 12.2 Å². The Hall–Kier alpha value is -3.45. The summed E-state index contributed by atoms with van der Waals surface area (Å²) in [6.45, 7) is 5.68. The Labute approximate surface area is 180 Å². The van der Waals surface area contributed by atoms with Crippen molar-refractivity contribution in [3.05, 3.63) is 89.6 Å². The summed E-state index contributed by atoms with van der Waals surface area (Å²) in [7, 11) is 2.12. The standard InChI is InChI=1S/C24H24FN5O/c1-17-14-29-15-19(12-22(25)24(29)26-17)18-4-3-5-20-6-7-21(16-30(20)23(31)13-18)28-10-8-27(2)9-11-28/h3-7,12-16H,8-11H2,1-2H3/b4-3?,18-13?,20-5+. The van der Waals surface area contributed by atoms with E-state index < -0.39 is 5.82 Å². The van der Waals surface area contributed by atoms with Gasteiger partial charge in [-0.25, -0.2) is 9.37 Å². The fourth-order valence-corrected chi connectivity index (χ4v) is 4.10. The molecular formula is C24H24FN5O. The van der Waals surface area contributed by atoms with Crippen LogP contribution in [0.15, 0.2) is 72.5 Å². The molecule has 7 heteroatoms. The van der Waals surface area contributed by atoms with Crippen LogP contribution in [-0.4, -0.2) is 63.2 Å². The maximum absolute atomic E-state index is 14.6. The van der Waals surface area contributed by atoms with Gasteiger partial charge >= 0.3 is 0 Å². The Morgan fingerprint density at radius 3 is 2.61 bits per heavy atom. The lowest BCUT2D eigenvalue weighted by Crippen LogP contribution is -2.44. The number of aryl methyl sites for hydroxylation is 1. The van der Waals surface area contributed by atoms with Crippen molar-refractivity contribution in [3.63, 3.8) is 0 Å². The second kappa shape index (κ2) is 7.67. The van der Waals surface area contributed by atoms with E-state index in [1.54, 1.807) is 27.8 Å². The van der Waals surface area contributed by atoms with Gasteiger partial charge in [-0.15, -0.1) is 0 Å². The molecule has 31 heavy (non-hydrogen) atoms. The monoisotopic (exact) mass is 417 g/mol. The van der Waals surface area contributed by atoms with Gasteiger partial charge in [-0.05, 0) is 43.8 Å². The number of carbonyl (C=O) groups is 1. The second-order valence-corrected chi connectivity index (χ2v) is 8.13. The van der Waals surface area contributed by atoms with Crippen LogP contribution in [0.1, 0.15) is 11.3 Å². The summed E-state index contributed by atoms with van der Waals surface area (Å²) in [6.07, 6.45) is 16.7. The highest BCUT2D eigenvalue weighted by molar-refractivity contribution is 5.99. The lowest BCUT2D eigenvalue weighted by molar-refractivity contribution is -0.122. The Kier molecular flexibility index (Phi) is 4.82. The first-order valence-electron chi connectivity index (χ1n) is 10.4. The molecule has 1 fully saturated rings. The molecule has 0 unspecified atom stereocenters. The Balaban J connectivity index is 1.48. The van der Waals surface area contributed by atoms with E-state index in [0.717, 1.165) is 43.3 Å². The Morgan fingerprint density at radius 2 is 1.81 bits per heavy atom. The number of halogens is 1. The molecule has 0 aromatic carbocycles. The van der Waals surface area contributed by atoms with Gasteiger partial charge in [-0.2, -0.15) is 0 Å². The normalized spacial score (nSPS) is 21.4. The van der Waals surface area contributed by atoms with E-state index in [0.29, 0.717) is 11.1 Å². The average molecular weight is 417 g/mol. The zero-order valence-electron chi connectivity index (χ0n) is 17.6. The summed E-state index contributed by atoms with van der Waals surface area (Å²) in [4.78, 5) is 23.6. The second-order valence-electron chi connectivity index (χ2n) is 8.13. The number of likely N-dealkylation sites (N-methyl/N-ethyl adjacent to an activating group) is 1. The topological polar surface area (TPSA) is 44.1 Å². The van der Waals surface area contributed by atoms with Crippen LogP contribution in [0, 0.1) is 12.7 Å². The number of imidazole rings is 1. The number of carbonyl (C=O) groups excluding carboxylic acids is 1. The molecule has 158 valence electrons. The Bertz CT molecular complexity index is 1210. The van der Waals surface area contributed by atoms with Crippen LogP contribution in [0.3, 0.4) is 0 Å². The summed E-state index contributed by atoms with van der Waals surface area (Å²) >= 11 is 0. The molecule has 3 aliphatic heterocycles. The lowest BCUT2D eigenvalue weighted by Gasteiger charge is -2.36. The number of allylic oxidation sites excluding steroid dienone is 6. The summed E-state index contributed by atoms with van der Waals surface area (Å²) in [5, 5.41) is 0. The molecule has 0 atom stereocenters. The molecular weight excluding hydrogens is 393 g/mol. The predicted molar refractivity (Wildman–Crippen MR) is 118 cm³/mol. The van der Waals surface area contributed by atoms with E-state index in [9.17, 15) is 9.18 Å². The predicted octanol–water partition coefficient (Wildman–Crippen LogP) is 3.11. The zero-order valence-corrected chi connectivity index (χ0v) is 17.6. The molecule has 0 N–H and O–H groups in total. The number of hydrogen-bond acceptors (Lipinski definition) is 4. The molecule has 0 saturated carbocycles. The quantitative estimate of drug-likeness (QED) is 0.753. The molecule has 0 bridgehead atoms. The first kappa shape index (κ1) is 19.5. The number of hydrogen-bond donors (Lipinski definition) is 0. The van der Waals surface area contributed by atoms with Crippen LogP contribution in [0.5, 0.6) is 0 Å². The van der Waals surface area contributed by atoms with Crippen molar-refractivity contribution < 1.29 is 9.18 Å². The maximum Gasteiger partial charge on any atom is 0.255 e. The van der Waals surface area contributed by atoms with Gasteiger partial charge in [0.25, 0.3) is 5.91 Å². The summed E-state index contributed by atoms with van der Waals surface area (Å²) < 4.78 is 16.2. The van der Waals surface area contributed by atoms with Crippen LogP contribution >= 0.6 is 0 Å². The summed E-state index contributed by atoms with van der Waals surface area (Å²) in [5.41, 5.74) is 4.13. The SMILES string of the molecule is Cc1cn2cc(C3=CC(=O)N4C=C(N5CCN(C)CC5)C=C/C4=C\C=C3)cc(F)c2n1. The molecule has 2 aromatic heterocycles. The first-order chi connectivity index (χ1) is 15.0. The molecule has 2 aromatic rings. The fourth-order valence-electron chi connectivity index (χ4n) is 4.10. The molecule has 1 amide bonds. The lowest BCUT2D eigenvalue weighted by atomic mass is 10.0. The number of rotatable bonds is 2. The van der Waals surface area contributed by atoms with Crippen molar-refractivity contribution in [1.82, 2.24) is 24.1 Å². The number of nitrogens with zero attached hydrogens (tertiary/aromatic N) is 5.